The zero-order chi connectivity index (χ0) is 19.8. The summed E-state index contributed by atoms with van der Waals surface area (Å²) in [7, 11) is 1.37. The van der Waals surface area contributed by atoms with Gasteiger partial charge in [0.15, 0.2) is 6.61 Å². The van der Waals surface area contributed by atoms with Crippen LogP contribution in [-0.2, 0) is 23.9 Å². The van der Waals surface area contributed by atoms with Crippen molar-refractivity contribution in [2.75, 3.05) is 45.6 Å². The van der Waals surface area contributed by atoms with Crippen LogP contribution >= 0.6 is 24.0 Å². The molecule has 0 aromatic carbocycles. The lowest BCUT2D eigenvalue weighted by Crippen LogP contribution is -2.42. The number of nitrogens with zero attached hydrogens (tertiary/aromatic N) is 2. The summed E-state index contributed by atoms with van der Waals surface area (Å²) in [5.41, 5.74) is 0. The number of esters is 2. The third kappa shape index (κ3) is 6.95. The molecule has 2 aliphatic heterocycles. The number of rotatable bonds is 5. The van der Waals surface area contributed by atoms with Gasteiger partial charge in [0, 0.05) is 26.2 Å². The number of amides is 1. The molecule has 0 aliphatic carbocycles. The molecule has 0 unspecified atom stereocenters. The summed E-state index contributed by atoms with van der Waals surface area (Å²) in [6.45, 7) is 4.78. The van der Waals surface area contributed by atoms with Crippen molar-refractivity contribution in [3.05, 3.63) is 0 Å². The molecule has 2 saturated heterocycles. The summed E-state index contributed by atoms with van der Waals surface area (Å²) in [6.07, 6.45) is 3.38. The number of ether oxygens (including phenoxy) is 2. The van der Waals surface area contributed by atoms with Crippen molar-refractivity contribution >= 4 is 46.1 Å². The Morgan fingerprint density at radius 1 is 1.04 bits per heavy atom. The highest BCUT2D eigenvalue weighted by molar-refractivity contribution is 8.23. The maximum atomic E-state index is 12.2. The summed E-state index contributed by atoms with van der Waals surface area (Å²) in [5, 5.41) is 0. The molecule has 0 radical (unpaired) electrons. The normalized spacial score (nSPS) is 18.9. The fraction of sp³-hybridized carbons (Fsp3) is 0.778. The smallest absolute Gasteiger partial charge is 0.316 e. The van der Waals surface area contributed by atoms with Crippen LogP contribution in [0.4, 0.5) is 0 Å². The van der Waals surface area contributed by atoms with Crippen molar-refractivity contribution < 1.29 is 23.9 Å². The number of likely N-dealkylation sites (tertiary alicyclic amines) is 2. The van der Waals surface area contributed by atoms with Gasteiger partial charge in [-0.3, -0.25) is 14.4 Å². The molecule has 9 heteroatoms. The minimum atomic E-state index is -0.439. The van der Waals surface area contributed by atoms with E-state index < -0.39 is 5.97 Å². The average molecular weight is 417 g/mol. The predicted molar refractivity (Wildman–Crippen MR) is 107 cm³/mol. The van der Waals surface area contributed by atoms with E-state index in [1.54, 1.807) is 4.90 Å². The topological polar surface area (TPSA) is 76.1 Å². The van der Waals surface area contributed by atoms with Gasteiger partial charge in [0.2, 0.25) is 0 Å². The summed E-state index contributed by atoms with van der Waals surface area (Å²) in [6, 6.07) is 0. The van der Waals surface area contributed by atoms with Gasteiger partial charge >= 0.3 is 11.9 Å². The largest absolute Gasteiger partial charge is 0.469 e. The highest BCUT2D eigenvalue weighted by atomic mass is 32.2. The Labute approximate surface area is 170 Å². The fourth-order valence-corrected chi connectivity index (χ4v) is 4.26. The molecule has 152 valence electrons. The lowest BCUT2D eigenvalue weighted by molar-refractivity contribution is -0.152. The quantitative estimate of drug-likeness (QED) is 0.495. The Morgan fingerprint density at radius 2 is 1.63 bits per heavy atom. The molecule has 27 heavy (non-hydrogen) atoms. The van der Waals surface area contributed by atoms with Crippen LogP contribution in [0.3, 0.4) is 0 Å². The first-order valence-electron chi connectivity index (χ1n) is 9.33. The Hall–Kier alpha value is -1.35. The van der Waals surface area contributed by atoms with Crippen LogP contribution < -0.4 is 0 Å². The lowest BCUT2D eigenvalue weighted by atomic mass is 9.97. The predicted octanol–water partition coefficient (Wildman–Crippen LogP) is 1.69. The third-order valence-electron chi connectivity index (χ3n) is 5.09. The van der Waals surface area contributed by atoms with E-state index in [0.717, 1.165) is 36.2 Å². The number of hydrogen-bond acceptors (Lipinski definition) is 7. The van der Waals surface area contributed by atoms with Gasteiger partial charge in [0.1, 0.15) is 4.32 Å². The second-order valence-electron chi connectivity index (χ2n) is 7.06. The van der Waals surface area contributed by atoms with Crippen molar-refractivity contribution in [1.82, 2.24) is 9.80 Å². The van der Waals surface area contributed by atoms with Crippen LogP contribution in [0.25, 0.3) is 0 Å². The minimum absolute atomic E-state index is 0.114. The van der Waals surface area contributed by atoms with Crippen molar-refractivity contribution in [3.63, 3.8) is 0 Å². The van der Waals surface area contributed by atoms with Crippen molar-refractivity contribution in [3.8, 4) is 0 Å². The first-order chi connectivity index (χ1) is 12.9. The number of thioether (sulfide) groups is 1. The van der Waals surface area contributed by atoms with E-state index in [2.05, 4.69) is 11.8 Å². The number of carbonyl (C=O) groups excluding carboxylic acids is 3. The lowest BCUT2D eigenvalue weighted by Gasteiger charge is -2.31. The van der Waals surface area contributed by atoms with Gasteiger partial charge in [-0.25, -0.2) is 0 Å². The maximum Gasteiger partial charge on any atom is 0.316 e. The van der Waals surface area contributed by atoms with E-state index >= 15 is 0 Å². The second-order valence-corrected chi connectivity index (χ2v) is 8.67. The van der Waals surface area contributed by atoms with Crippen molar-refractivity contribution in [1.29, 1.82) is 0 Å². The summed E-state index contributed by atoms with van der Waals surface area (Å²) in [5.74, 6) is -0.221. The molecule has 0 bridgehead atoms. The molecule has 7 nitrogen and oxygen atoms in total. The van der Waals surface area contributed by atoms with Crippen LogP contribution in [0.15, 0.2) is 0 Å². The first-order valence-corrected chi connectivity index (χ1v) is 10.7. The maximum absolute atomic E-state index is 12.2. The van der Waals surface area contributed by atoms with Gasteiger partial charge in [-0.1, -0.05) is 30.9 Å². The fourth-order valence-electron chi connectivity index (χ4n) is 3.21. The van der Waals surface area contributed by atoms with E-state index in [4.69, 9.17) is 21.7 Å². The molecule has 1 amide bonds. The van der Waals surface area contributed by atoms with Crippen LogP contribution in [0.1, 0.15) is 32.6 Å². The molecule has 0 aromatic heterocycles. The molecule has 2 heterocycles. The Balaban J connectivity index is 1.62. The van der Waals surface area contributed by atoms with Crippen LogP contribution in [0.5, 0.6) is 0 Å². The highest BCUT2D eigenvalue weighted by Gasteiger charge is 2.28. The van der Waals surface area contributed by atoms with Gasteiger partial charge in [-0.05, 0) is 31.6 Å². The molecule has 2 aliphatic rings. The zero-order valence-electron chi connectivity index (χ0n) is 16.0. The highest BCUT2D eigenvalue weighted by Crippen LogP contribution is 2.21. The van der Waals surface area contributed by atoms with Crippen LogP contribution in [-0.4, -0.2) is 77.6 Å². The van der Waals surface area contributed by atoms with E-state index in [9.17, 15) is 14.4 Å². The first kappa shape index (κ1) is 21.9. The van der Waals surface area contributed by atoms with Gasteiger partial charge in [0.25, 0.3) is 5.91 Å². The zero-order valence-corrected chi connectivity index (χ0v) is 17.6. The van der Waals surface area contributed by atoms with E-state index in [-0.39, 0.29) is 30.2 Å². The van der Waals surface area contributed by atoms with E-state index in [1.807, 2.05) is 0 Å². The Morgan fingerprint density at radius 3 is 2.22 bits per heavy atom. The number of piperidine rings is 2. The summed E-state index contributed by atoms with van der Waals surface area (Å²) < 4.78 is 10.5. The van der Waals surface area contributed by atoms with E-state index in [1.165, 1.54) is 18.9 Å². The molecule has 0 saturated carbocycles. The van der Waals surface area contributed by atoms with Crippen molar-refractivity contribution in [2.24, 2.45) is 11.8 Å². The summed E-state index contributed by atoms with van der Waals surface area (Å²) >= 11 is 6.67. The van der Waals surface area contributed by atoms with Gasteiger partial charge < -0.3 is 19.3 Å². The van der Waals surface area contributed by atoms with Crippen molar-refractivity contribution in [2.45, 2.75) is 32.6 Å². The molecule has 0 atom stereocenters. The molecule has 0 aromatic rings. The third-order valence-corrected chi connectivity index (χ3v) is 6.59. The molecular formula is C18H28N2O5S2. The Bertz CT molecular complexity index is 556. The molecule has 0 N–H and O–H groups in total. The van der Waals surface area contributed by atoms with Gasteiger partial charge in [-0.2, -0.15) is 0 Å². The second kappa shape index (κ2) is 10.8. The SMILES string of the molecule is COC(=O)C1CCN(C(=O)COC(=O)CSC(=S)N2CCC(C)CC2)CC1. The van der Waals surface area contributed by atoms with Gasteiger partial charge in [0.05, 0.1) is 18.8 Å². The number of hydrogen-bond donors (Lipinski definition) is 0. The average Bonchev–Trinajstić information content (AvgIpc) is 2.70. The number of carbonyl (C=O) groups is 3. The number of thiocarbonyl (C=S) groups is 1. The molecule has 0 spiro atoms. The van der Waals surface area contributed by atoms with Gasteiger partial charge in [-0.15, -0.1) is 0 Å². The summed E-state index contributed by atoms with van der Waals surface area (Å²) in [4.78, 5) is 39.3. The molecule has 2 rings (SSSR count). The standard InChI is InChI=1S/C18H28N2O5S2/c1-13-3-7-20(8-4-13)18(26)27-12-16(22)25-11-15(21)19-9-5-14(6-10-19)17(23)24-2/h13-14H,3-12H2,1-2H3. The molecule has 2 fully saturated rings. The molecular weight excluding hydrogens is 388 g/mol. The van der Waals surface area contributed by atoms with Crippen LogP contribution in [0.2, 0.25) is 0 Å². The number of methoxy groups -OCH3 is 1. The van der Waals surface area contributed by atoms with E-state index in [0.29, 0.717) is 25.9 Å². The van der Waals surface area contributed by atoms with Crippen LogP contribution in [0, 0.1) is 11.8 Å². The monoisotopic (exact) mass is 416 g/mol. The minimum Gasteiger partial charge on any atom is -0.469 e. The Kier molecular flexibility index (Phi) is 8.82.